The lowest BCUT2D eigenvalue weighted by molar-refractivity contribution is 0.477. The largest absolute Gasteiger partial charge is 0.324 e. The van der Waals surface area contributed by atoms with Gasteiger partial charge in [-0.1, -0.05) is 35.9 Å². The Kier molecular flexibility index (Phi) is 5.03. The Labute approximate surface area is 142 Å². The number of fused-ring (bicyclic) bond motifs is 1. The molecule has 23 heavy (non-hydrogen) atoms. The van der Waals surface area contributed by atoms with Crippen molar-refractivity contribution in [1.82, 2.24) is 4.72 Å². The summed E-state index contributed by atoms with van der Waals surface area (Å²) >= 11 is 7.51. The van der Waals surface area contributed by atoms with Gasteiger partial charge in [0, 0.05) is 17.7 Å². The molecule has 0 fully saturated rings. The molecule has 7 heteroatoms. The van der Waals surface area contributed by atoms with E-state index in [1.807, 2.05) is 18.2 Å². The van der Waals surface area contributed by atoms with Crippen molar-refractivity contribution in [2.45, 2.75) is 11.3 Å². The maximum atomic E-state index is 13.8. The molecule has 0 saturated heterocycles. The Hall–Kier alpha value is -1.79. The lowest BCUT2D eigenvalue weighted by atomic mass is 10.0. The van der Waals surface area contributed by atoms with Gasteiger partial charge in [0.15, 0.2) is 0 Å². The Bertz CT molecular complexity index is 752. The second-order valence-corrected chi connectivity index (χ2v) is 6.11. The number of benzene rings is 2. The molecule has 2 N–H and O–H groups in total. The lowest BCUT2D eigenvalue weighted by Gasteiger charge is -2.23. The van der Waals surface area contributed by atoms with E-state index in [4.69, 9.17) is 11.6 Å². The molecule has 120 valence electrons. The monoisotopic (exact) mass is 353 g/mol. The molecule has 0 aliphatic carbocycles. The Balaban J connectivity index is 1.99. The molecule has 2 aromatic carbocycles. The molecule has 1 aliphatic heterocycles. The Morgan fingerprint density at radius 3 is 2.74 bits per heavy atom. The molecule has 3 rings (SSSR count). The van der Waals surface area contributed by atoms with Crippen LogP contribution in [0.25, 0.3) is 11.1 Å². The number of nitrogens with one attached hydrogen (secondary N) is 2. The molecular formula is C16H14ClF2N3S. The summed E-state index contributed by atoms with van der Waals surface area (Å²) in [6.07, 6.45) is 0.377. The molecule has 3 nitrogen and oxygen atoms in total. The minimum atomic E-state index is -0.458. The quantitative estimate of drug-likeness (QED) is 0.607. The summed E-state index contributed by atoms with van der Waals surface area (Å²) in [5.41, 5.74) is 2.21. The third-order valence-corrected chi connectivity index (χ3v) is 4.57. The molecule has 0 aromatic heterocycles. The van der Waals surface area contributed by atoms with Gasteiger partial charge in [0.1, 0.15) is 5.82 Å². The van der Waals surface area contributed by atoms with Crippen LogP contribution in [0.4, 0.5) is 14.5 Å². The molecule has 1 aliphatic rings. The van der Waals surface area contributed by atoms with Gasteiger partial charge >= 0.3 is 0 Å². The van der Waals surface area contributed by atoms with Crippen molar-refractivity contribution in [3.05, 3.63) is 47.2 Å². The van der Waals surface area contributed by atoms with E-state index >= 15 is 0 Å². The van der Waals surface area contributed by atoms with Gasteiger partial charge in [0.2, 0.25) is 5.96 Å². The number of anilines is 1. The van der Waals surface area contributed by atoms with E-state index in [2.05, 4.69) is 15.0 Å². The third-order valence-electron chi connectivity index (χ3n) is 3.33. The van der Waals surface area contributed by atoms with E-state index < -0.39 is 12.5 Å². The highest BCUT2D eigenvalue weighted by Crippen LogP contribution is 2.40. The highest BCUT2D eigenvalue weighted by molar-refractivity contribution is 7.98. The van der Waals surface area contributed by atoms with Crippen LogP contribution in [0.3, 0.4) is 0 Å². The number of alkyl halides is 1. The van der Waals surface area contributed by atoms with Crippen LogP contribution in [0, 0.1) is 5.82 Å². The predicted octanol–water partition coefficient (Wildman–Crippen LogP) is 4.88. The van der Waals surface area contributed by atoms with Crippen molar-refractivity contribution >= 4 is 35.2 Å². The van der Waals surface area contributed by atoms with Crippen molar-refractivity contribution in [3.8, 4) is 11.1 Å². The van der Waals surface area contributed by atoms with E-state index in [0.29, 0.717) is 24.5 Å². The van der Waals surface area contributed by atoms with Crippen molar-refractivity contribution in [2.24, 2.45) is 4.99 Å². The van der Waals surface area contributed by atoms with Crippen LogP contribution in [0.5, 0.6) is 0 Å². The van der Waals surface area contributed by atoms with Crippen LogP contribution >= 0.6 is 23.5 Å². The molecule has 0 atom stereocenters. The molecule has 0 radical (unpaired) electrons. The van der Waals surface area contributed by atoms with Gasteiger partial charge in [0.25, 0.3) is 0 Å². The summed E-state index contributed by atoms with van der Waals surface area (Å²) < 4.78 is 29.0. The van der Waals surface area contributed by atoms with Crippen LogP contribution in [0.15, 0.2) is 46.3 Å². The summed E-state index contributed by atoms with van der Waals surface area (Å²) in [4.78, 5) is 5.22. The summed E-state index contributed by atoms with van der Waals surface area (Å²) in [7, 11) is 0. The van der Waals surface area contributed by atoms with E-state index in [-0.39, 0.29) is 5.02 Å². The lowest BCUT2D eigenvalue weighted by Crippen LogP contribution is -2.30. The molecule has 0 saturated carbocycles. The number of aliphatic imine (C=N–C) groups is 1. The standard InChI is InChI=1S/C16H14ClF2N3S/c17-14-10(4-1-6-12(14)19)11-5-2-7-13-15(11)21-16(22-23-13)20-9-3-8-18/h1-2,4-7H,3,8-9H2,(H2,20,21,22). The highest BCUT2D eigenvalue weighted by Gasteiger charge is 2.19. The number of para-hydroxylation sites is 1. The topological polar surface area (TPSA) is 36.4 Å². The van der Waals surface area contributed by atoms with Gasteiger partial charge in [-0.15, -0.1) is 0 Å². The zero-order valence-electron chi connectivity index (χ0n) is 12.1. The van der Waals surface area contributed by atoms with Crippen LogP contribution in [0.1, 0.15) is 6.42 Å². The van der Waals surface area contributed by atoms with Gasteiger partial charge in [-0.3, -0.25) is 14.1 Å². The van der Waals surface area contributed by atoms with Crippen molar-refractivity contribution in [2.75, 3.05) is 18.5 Å². The third kappa shape index (κ3) is 3.43. The smallest absolute Gasteiger partial charge is 0.206 e. The van der Waals surface area contributed by atoms with E-state index in [0.717, 1.165) is 16.1 Å². The number of nitrogens with zero attached hydrogens (tertiary/aromatic N) is 1. The molecule has 0 spiro atoms. The molecule has 0 amide bonds. The number of halogens is 3. The van der Waals surface area contributed by atoms with Crippen LogP contribution in [-0.4, -0.2) is 19.2 Å². The van der Waals surface area contributed by atoms with E-state index in [1.165, 1.54) is 18.0 Å². The van der Waals surface area contributed by atoms with Gasteiger partial charge in [-0.25, -0.2) is 4.39 Å². The SMILES string of the molecule is FCCCN=C1NSc2cccc(-c3cccc(F)c3Cl)c2N1. The summed E-state index contributed by atoms with van der Waals surface area (Å²) in [6, 6.07) is 10.4. The summed E-state index contributed by atoms with van der Waals surface area (Å²) in [5, 5.41) is 3.27. The zero-order chi connectivity index (χ0) is 16.2. The maximum Gasteiger partial charge on any atom is 0.206 e. The van der Waals surface area contributed by atoms with Gasteiger partial charge in [-0.05, 0) is 30.5 Å². The van der Waals surface area contributed by atoms with Crippen LogP contribution < -0.4 is 10.0 Å². The second kappa shape index (κ2) is 7.19. The fourth-order valence-electron chi connectivity index (χ4n) is 2.25. The number of guanidine groups is 1. The first-order valence-electron chi connectivity index (χ1n) is 7.08. The zero-order valence-corrected chi connectivity index (χ0v) is 13.6. The predicted molar refractivity (Wildman–Crippen MR) is 92.4 cm³/mol. The first kappa shape index (κ1) is 16.1. The van der Waals surface area contributed by atoms with Gasteiger partial charge in [-0.2, -0.15) is 0 Å². The van der Waals surface area contributed by atoms with Crippen LogP contribution in [-0.2, 0) is 0 Å². The Morgan fingerprint density at radius 1 is 1.13 bits per heavy atom. The molecule has 0 unspecified atom stereocenters. The van der Waals surface area contributed by atoms with Crippen molar-refractivity contribution in [1.29, 1.82) is 0 Å². The van der Waals surface area contributed by atoms with Gasteiger partial charge < -0.3 is 5.32 Å². The fraction of sp³-hybridized carbons (Fsp3) is 0.188. The average Bonchev–Trinajstić information content (AvgIpc) is 2.57. The van der Waals surface area contributed by atoms with Crippen molar-refractivity contribution < 1.29 is 8.78 Å². The number of hydrogen-bond donors (Lipinski definition) is 2. The molecule has 1 heterocycles. The van der Waals surface area contributed by atoms with E-state index in [1.54, 1.807) is 12.1 Å². The second-order valence-electron chi connectivity index (χ2n) is 4.88. The minimum Gasteiger partial charge on any atom is -0.324 e. The van der Waals surface area contributed by atoms with E-state index in [9.17, 15) is 8.78 Å². The maximum absolute atomic E-state index is 13.8. The number of hydrogen-bond acceptors (Lipinski definition) is 2. The number of rotatable bonds is 4. The normalized spacial score (nSPS) is 15.0. The van der Waals surface area contributed by atoms with Gasteiger partial charge in [0.05, 0.1) is 22.3 Å². The average molecular weight is 354 g/mol. The first-order chi connectivity index (χ1) is 11.2. The highest BCUT2D eigenvalue weighted by atomic mass is 35.5. The van der Waals surface area contributed by atoms with Crippen LogP contribution in [0.2, 0.25) is 5.02 Å². The Morgan fingerprint density at radius 2 is 1.91 bits per heavy atom. The molecular weight excluding hydrogens is 340 g/mol. The van der Waals surface area contributed by atoms with Crippen molar-refractivity contribution in [3.63, 3.8) is 0 Å². The fourth-order valence-corrected chi connectivity index (χ4v) is 3.21. The summed E-state index contributed by atoms with van der Waals surface area (Å²) in [6.45, 7) is -0.00469. The molecule has 2 aromatic rings. The minimum absolute atomic E-state index is 0.0853. The summed E-state index contributed by atoms with van der Waals surface area (Å²) in [5.74, 6) is 0.0936. The molecule has 0 bridgehead atoms. The first-order valence-corrected chi connectivity index (χ1v) is 8.28.